The topological polar surface area (TPSA) is 71.1 Å². The zero-order chi connectivity index (χ0) is 13.7. The number of aryl methyl sites for hydroxylation is 1. The molecule has 2 aromatic heterocycles. The van der Waals surface area contributed by atoms with E-state index in [4.69, 9.17) is 4.55 Å². The van der Waals surface area contributed by atoms with E-state index in [-0.39, 0.29) is 5.75 Å². The van der Waals surface area contributed by atoms with E-state index >= 15 is 0 Å². The summed E-state index contributed by atoms with van der Waals surface area (Å²) in [7, 11) is -3.90. The van der Waals surface area contributed by atoms with Gasteiger partial charge in [0.2, 0.25) is 0 Å². The molecule has 0 unspecified atom stereocenters. The molecule has 0 fully saturated rings. The lowest BCUT2D eigenvalue weighted by Gasteiger charge is -2.00. The van der Waals surface area contributed by atoms with E-state index in [1.807, 2.05) is 47.3 Å². The molecule has 19 heavy (non-hydrogen) atoms. The maximum Gasteiger partial charge on any atom is 0.265 e. The van der Waals surface area contributed by atoms with Gasteiger partial charge in [0, 0.05) is 18.3 Å². The Kier molecular flexibility index (Phi) is 4.24. The van der Waals surface area contributed by atoms with Gasteiger partial charge in [0.25, 0.3) is 10.1 Å². The maximum atomic E-state index is 10.7. The van der Waals surface area contributed by atoms with Crippen LogP contribution in [-0.4, -0.2) is 23.7 Å². The first kappa shape index (κ1) is 13.6. The molecule has 0 aliphatic heterocycles. The Morgan fingerprint density at radius 3 is 2.47 bits per heavy atom. The second-order valence-electron chi connectivity index (χ2n) is 4.24. The van der Waals surface area contributed by atoms with Crippen LogP contribution in [0.1, 0.15) is 11.3 Å². The molecule has 0 aliphatic rings. The summed E-state index contributed by atoms with van der Waals surface area (Å²) >= 11 is 0. The molecule has 6 heteroatoms. The molecule has 5 nitrogen and oxygen atoms in total. The quantitative estimate of drug-likeness (QED) is 0.650. The highest BCUT2D eigenvalue weighted by Crippen LogP contribution is 2.00. The van der Waals surface area contributed by atoms with Crippen LogP contribution in [0.4, 0.5) is 0 Å². The van der Waals surface area contributed by atoms with Gasteiger partial charge in [-0.15, -0.1) is 0 Å². The molecule has 0 aromatic carbocycles. The minimum atomic E-state index is -3.90. The van der Waals surface area contributed by atoms with Crippen molar-refractivity contribution in [3.63, 3.8) is 0 Å². The van der Waals surface area contributed by atoms with E-state index in [9.17, 15) is 8.42 Å². The molecule has 0 saturated heterocycles. The molecule has 1 N–H and O–H groups in total. The zero-order valence-electron chi connectivity index (χ0n) is 10.3. The molecule has 0 radical (unpaired) electrons. The van der Waals surface area contributed by atoms with Crippen LogP contribution in [0.15, 0.2) is 48.9 Å². The molecule has 100 valence electrons. The summed E-state index contributed by atoms with van der Waals surface area (Å²) in [5, 5.41) is 0. The van der Waals surface area contributed by atoms with Crippen LogP contribution in [-0.2, 0) is 23.1 Å². The van der Waals surface area contributed by atoms with Crippen molar-refractivity contribution < 1.29 is 17.5 Å². The van der Waals surface area contributed by atoms with E-state index in [0.29, 0.717) is 13.0 Å². The van der Waals surface area contributed by atoms with Crippen molar-refractivity contribution in [3.8, 4) is 0 Å². The van der Waals surface area contributed by atoms with Crippen molar-refractivity contribution >= 4 is 10.1 Å². The average molecular weight is 279 g/mol. The first-order valence-electron chi connectivity index (χ1n) is 5.86. The third-order valence-electron chi connectivity index (χ3n) is 2.68. The minimum absolute atomic E-state index is 0.253. The van der Waals surface area contributed by atoms with Gasteiger partial charge in [-0.3, -0.25) is 9.54 Å². The van der Waals surface area contributed by atoms with Crippen LogP contribution in [0.3, 0.4) is 0 Å². The fourth-order valence-electron chi connectivity index (χ4n) is 1.69. The van der Waals surface area contributed by atoms with E-state index < -0.39 is 10.1 Å². The van der Waals surface area contributed by atoms with Crippen molar-refractivity contribution in [2.24, 2.45) is 0 Å². The third kappa shape index (κ3) is 4.76. The molecule has 0 spiro atoms. The van der Waals surface area contributed by atoms with Crippen LogP contribution in [0.25, 0.3) is 0 Å². The van der Waals surface area contributed by atoms with Crippen molar-refractivity contribution in [1.29, 1.82) is 0 Å². The van der Waals surface area contributed by atoms with Crippen LogP contribution in [0.5, 0.6) is 0 Å². The van der Waals surface area contributed by atoms with Gasteiger partial charge < -0.3 is 0 Å². The van der Waals surface area contributed by atoms with Gasteiger partial charge in [-0.25, -0.2) is 0 Å². The van der Waals surface area contributed by atoms with E-state index in [0.717, 1.165) is 11.3 Å². The van der Waals surface area contributed by atoms with Gasteiger partial charge in [-0.2, -0.15) is 13.0 Å². The lowest BCUT2D eigenvalue weighted by atomic mass is 10.2. The first-order valence-corrected chi connectivity index (χ1v) is 7.47. The van der Waals surface area contributed by atoms with Gasteiger partial charge in [-0.05, 0) is 24.1 Å². The Labute approximate surface area is 112 Å². The normalized spacial score (nSPS) is 11.4. The number of aromatic nitrogens is 2. The highest BCUT2D eigenvalue weighted by Gasteiger charge is 2.07. The van der Waals surface area contributed by atoms with E-state index in [1.165, 1.54) is 0 Å². The smallest absolute Gasteiger partial charge is 0.265 e. The predicted octanol–water partition coefficient (Wildman–Crippen LogP) is 0.848. The molecule has 2 aromatic rings. The summed E-state index contributed by atoms with van der Waals surface area (Å²) in [4.78, 5) is 4.23. The Morgan fingerprint density at radius 1 is 1.16 bits per heavy atom. The number of hydrogen-bond acceptors (Lipinski definition) is 3. The Hall–Kier alpha value is -1.79. The van der Waals surface area contributed by atoms with Crippen LogP contribution in [0, 0.1) is 0 Å². The zero-order valence-corrected chi connectivity index (χ0v) is 11.1. The van der Waals surface area contributed by atoms with Crippen molar-refractivity contribution in [1.82, 2.24) is 4.98 Å². The molecule has 2 rings (SSSR count). The Morgan fingerprint density at radius 2 is 1.89 bits per heavy atom. The number of nitrogens with zero attached hydrogens (tertiary/aromatic N) is 2. The number of rotatable bonds is 5. The van der Waals surface area contributed by atoms with Crippen LogP contribution in [0.2, 0.25) is 0 Å². The molecule has 2 heterocycles. The first-order chi connectivity index (χ1) is 9.03. The van der Waals surface area contributed by atoms with Gasteiger partial charge in [-0.1, -0.05) is 6.07 Å². The number of hydrogen-bond donors (Lipinski definition) is 1. The summed E-state index contributed by atoms with van der Waals surface area (Å²) < 4.78 is 32.0. The van der Waals surface area contributed by atoms with E-state index in [1.54, 1.807) is 6.20 Å². The summed E-state index contributed by atoms with van der Waals surface area (Å²) in [6.45, 7) is 0.666. The second-order valence-corrected chi connectivity index (χ2v) is 5.81. The summed E-state index contributed by atoms with van der Waals surface area (Å²) in [6, 6.07) is 9.43. The summed E-state index contributed by atoms with van der Waals surface area (Å²) in [6.07, 6.45) is 5.79. The van der Waals surface area contributed by atoms with E-state index in [2.05, 4.69) is 4.98 Å². The summed E-state index contributed by atoms with van der Waals surface area (Å²) in [5.74, 6) is -0.253. The summed E-state index contributed by atoms with van der Waals surface area (Å²) in [5.41, 5.74) is 1.83. The fourth-order valence-corrected chi connectivity index (χ4v) is 2.18. The Bertz CT molecular complexity index is 625. The molecular weight excluding hydrogens is 264 g/mol. The van der Waals surface area contributed by atoms with Crippen molar-refractivity contribution in [3.05, 3.63) is 60.2 Å². The molecule has 0 saturated carbocycles. The molecule has 0 aliphatic carbocycles. The fraction of sp³-hybridized carbons (Fsp3) is 0.231. The van der Waals surface area contributed by atoms with Gasteiger partial charge in [0.15, 0.2) is 18.9 Å². The highest BCUT2D eigenvalue weighted by molar-refractivity contribution is 7.85. The van der Waals surface area contributed by atoms with Crippen LogP contribution >= 0.6 is 0 Å². The second kappa shape index (κ2) is 5.90. The standard InChI is InChI=1S/C13H14N2O3S/c16-19(17,18)10-6-12-4-8-15(9-5-12)11-13-3-1-2-7-14-13/h1-5,7-9H,6,10-11H2/p+1. The minimum Gasteiger partial charge on any atom is -0.286 e. The highest BCUT2D eigenvalue weighted by atomic mass is 32.2. The van der Waals surface area contributed by atoms with Crippen LogP contribution < -0.4 is 4.57 Å². The molecular formula is C13H15N2O3S+. The maximum absolute atomic E-state index is 10.7. The van der Waals surface area contributed by atoms with Gasteiger partial charge >= 0.3 is 0 Å². The predicted molar refractivity (Wildman–Crippen MR) is 70.1 cm³/mol. The molecule has 0 amide bonds. The third-order valence-corrected chi connectivity index (χ3v) is 3.40. The molecule has 0 atom stereocenters. The lowest BCUT2D eigenvalue weighted by molar-refractivity contribution is -0.688. The monoisotopic (exact) mass is 279 g/mol. The van der Waals surface area contributed by atoms with Crippen molar-refractivity contribution in [2.75, 3.05) is 5.75 Å². The van der Waals surface area contributed by atoms with Gasteiger partial charge in [0.05, 0.1) is 5.75 Å². The lowest BCUT2D eigenvalue weighted by Crippen LogP contribution is -2.33. The largest absolute Gasteiger partial charge is 0.286 e. The van der Waals surface area contributed by atoms with Crippen molar-refractivity contribution in [2.45, 2.75) is 13.0 Å². The van der Waals surface area contributed by atoms with Gasteiger partial charge in [0.1, 0.15) is 5.69 Å². The Balaban J connectivity index is 1.99. The average Bonchev–Trinajstić information content (AvgIpc) is 2.38. The number of pyridine rings is 2. The SMILES string of the molecule is O=S(=O)(O)CCc1cc[n+](Cc2ccccn2)cc1. The molecule has 0 bridgehead atoms.